The minimum Gasteiger partial charge on any atom is -0.389 e. The second kappa shape index (κ2) is 6.66. The van der Waals surface area contributed by atoms with E-state index in [2.05, 4.69) is 11.8 Å². The van der Waals surface area contributed by atoms with Gasteiger partial charge in [-0.1, -0.05) is 6.07 Å². The number of hydrogen-bond donors (Lipinski definition) is 1. The molecule has 0 aliphatic carbocycles. The van der Waals surface area contributed by atoms with E-state index in [1.165, 1.54) is 6.07 Å². The smallest absolute Gasteiger partial charge is 0.123 e. The Kier molecular flexibility index (Phi) is 5.13. The summed E-state index contributed by atoms with van der Waals surface area (Å²) in [5, 5.41) is 10.0. The molecule has 1 aliphatic heterocycles. The SMILES string of the molecule is CC(C)OCC(O)CN1CCc2cc(F)ccc2C1C. The largest absolute Gasteiger partial charge is 0.389 e. The normalized spacial score (nSPS) is 21.0. The van der Waals surface area contributed by atoms with Crippen molar-refractivity contribution >= 4 is 0 Å². The van der Waals surface area contributed by atoms with Crippen LogP contribution in [0, 0.1) is 5.82 Å². The fourth-order valence-electron chi connectivity index (χ4n) is 2.73. The van der Waals surface area contributed by atoms with E-state index >= 15 is 0 Å². The van der Waals surface area contributed by atoms with Gasteiger partial charge in [0, 0.05) is 19.1 Å². The Morgan fingerprint density at radius 3 is 2.90 bits per heavy atom. The molecule has 1 heterocycles. The molecule has 2 unspecified atom stereocenters. The van der Waals surface area contributed by atoms with E-state index in [1.54, 1.807) is 6.07 Å². The zero-order valence-electron chi connectivity index (χ0n) is 12.5. The molecular weight excluding hydrogens is 257 g/mol. The van der Waals surface area contributed by atoms with Crippen molar-refractivity contribution in [3.8, 4) is 0 Å². The van der Waals surface area contributed by atoms with Crippen LogP contribution in [0.1, 0.15) is 37.9 Å². The highest BCUT2D eigenvalue weighted by molar-refractivity contribution is 5.32. The van der Waals surface area contributed by atoms with E-state index in [9.17, 15) is 9.50 Å². The Bertz CT molecular complexity index is 450. The van der Waals surface area contributed by atoms with E-state index in [0.29, 0.717) is 13.2 Å². The summed E-state index contributed by atoms with van der Waals surface area (Å²) in [7, 11) is 0. The number of ether oxygens (including phenoxy) is 1. The van der Waals surface area contributed by atoms with Crippen LogP contribution in [-0.2, 0) is 11.2 Å². The van der Waals surface area contributed by atoms with E-state index in [0.717, 1.165) is 24.1 Å². The van der Waals surface area contributed by atoms with Crippen molar-refractivity contribution in [3.63, 3.8) is 0 Å². The van der Waals surface area contributed by atoms with E-state index in [1.807, 2.05) is 19.9 Å². The minimum atomic E-state index is -0.484. The average Bonchev–Trinajstić information content (AvgIpc) is 2.39. The summed E-state index contributed by atoms with van der Waals surface area (Å²) in [5.41, 5.74) is 2.25. The molecule has 1 aromatic rings. The van der Waals surface area contributed by atoms with Crippen LogP contribution in [0.4, 0.5) is 4.39 Å². The van der Waals surface area contributed by atoms with Crippen LogP contribution in [0.5, 0.6) is 0 Å². The summed E-state index contributed by atoms with van der Waals surface area (Å²) in [6.07, 6.45) is 0.476. The second-order valence-corrected chi connectivity index (χ2v) is 5.80. The van der Waals surface area contributed by atoms with Crippen LogP contribution >= 0.6 is 0 Å². The lowest BCUT2D eigenvalue weighted by Gasteiger charge is -2.36. The van der Waals surface area contributed by atoms with Gasteiger partial charge in [-0.2, -0.15) is 0 Å². The molecule has 2 rings (SSSR count). The summed E-state index contributed by atoms with van der Waals surface area (Å²) in [4.78, 5) is 2.23. The van der Waals surface area contributed by atoms with E-state index in [-0.39, 0.29) is 18.0 Å². The summed E-state index contributed by atoms with van der Waals surface area (Å²) in [6, 6.07) is 5.20. The van der Waals surface area contributed by atoms with Gasteiger partial charge in [0.15, 0.2) is 0 Å². The highest BCUT2D eigenvalue weighted by Gasteiger charge is 2.25. The molecule has 0 aromatic heterocycles. The quantitative estimate of drug-likeness (QED) is 0.900. The van der Waals surface area contributed by atoms with E-state index in [4.69, 9.17) is 4.74 Å². The van der Waals surface area contributed by atoms with Crippen LogP contribution in [0.2, 0.25) is 0 Å². The third-order valence-corrected chi connectivity index (χ3v) is 3.84. The van der Waals surface area contributed by atoms with Crippen molar-refractivity contribution in [2.24, 2.45) is 0 Å². The number of aliphatic hydroxyl groups excluding tert-OH is 1. The predicted octanol–water partition coefficient (Wildman–Crippen LogP) is 2.53. The van der Waals surface area contributed by atoms with Gasteiger partial charge in [0.1, 0.15) is 5.82 Å². The standard InChI is InChI=1S/C16H24FNO2/c1-11(2)20-10-15(19)9-18-7-6-13-8-14(17)4-5-16(13)12(18)3/h4-5,8,11-12,15,19H,6-7,9-10H2,1-3H3. The van der Waals surface area contributed by atoms with Crippen molar-refractivity contribution in [1.29, 1.82) is 0 Å². The first-order valence-electron chi connectivity index (χ1n) is 7.29. The highest BCUT2D eigenvalue weighted by Crippen LogP contribution is 2.29. The number of rotatable bonds is 5. The lowest BCUT2D eigenvalue weighted by molar-refractivity contribution is -0.0144. The molecule has 0 spiro atoms. The molecule has 2 atom stereocenters. The van der Waals surface area contributed by atoms with Gasteiger partial charge in [-0.05, 0) is 50.5 Å². The number of aliphatic hydroxyl groups is 1. The number of nitrogens with zero attached hydrogens (tertiary/aromatic N) is 1. The molecule has 1 N–H and O–H groups in total. The Hall–Kier alpha value is -0.970. The predicted molar refractivity (Wildman–Crippen MR) is 77.2 cm³/mol. The second-order valence-electron chi connectivity index (χ2n) is 5.80. The van der Waals surface area contributed by atoms with Crippen molar-refractivity contribution < 1.29 is 14.2 Å². The fraction of sp³-hybridized carbons (Fsp3) is 0.625. The van der Waals surface area contributed by atoms with Crippen LogP contribution in [0.3, 0.4) is 0 Å². The van der Waals surface area contributed by atoms with Crippen molar-refractivity contribution in [2.75, 3.05) is 19.7 Å². The molecule has 1 aromatic carbocycles. The van der Waals surface area contributed by atoms with Crippen molar-refractivity contribution in [1.82, 2.24) is 4.90 Å². The first-order valence-corrected chi connectivity index (χ1v) is 7.29. The van der Waals surface area contributed by atoms with Gasteiger partial charge in [0.25, 0.3) is 0 Å². The molecule has 0 saturated heterocycles. The maximum absolute atomic E-state index is 13.2. The van der Waals surface area contributed by atoms with Crippen LogP contribution < -0.4 is 0 Å². The molecule has 3 nitrogen and oxygen atoms in total. The topological polar surface area (TPSA) is 32.7 Å². The summed E-state index contributed by atoms with van der Waals surface area (Å²) >= 11 is 0. The number of halogens is 1. The van der Waals surface area contributed by atoms with Gasteiger partial charge < -0.3 is 9.84 Å². The highest BCUT2D eigenvalue weighted by atomic mass is 19.1. The van der Waals surface area contributed by atoms with Gasteiger partial charge in [-0.3, -0.25) is 4.90 Å². The Labute approximate surface area is 120 Å². The molecule has 20 heavy (non-hydrogen) atoms. The average molecular weight is 281 g/mol. The zero-order chi connectivity index (χ0) is 14.7. The number of β-amino-alcohol motifs (C(OH)–C–C–N with tert-alkyl or cyclic N) is 1. The maximum atomic E-state index is 13.2. The van der Waals surface area contributed by atoms with Crippen LogP contribution in [0.25, 0.3) is 0 Å². The zero-order valence-corrected chi connectivity index (χ0v) is 12.5. The number of hydrogen-bond acceptors (Lipinski definition) is 3. The molecule has 112 valence electrons. The summed E-state index contributed by atoms with van der Waals surface area (Å²) in [6.45, 7) is 7.81. The minimum absolute atomic E-state index is 0.132. The lowest BCUT2D eigenvalue weighted by atomic mass is 9.93. The third kappa shape index (κ3) is 3.78. The molecule has 0 bridgehead atoms. The summed E-state index contributed by atoms with van der Waals surface area (Å²) in [5.74, 6) is -0.172. The maximum Gasteiger partial charge on any atom is 0.123 e. The lowest BCUT2D eigenvalue weighted by Crippen LogP contribution is -2.40. The number of fused-ring (bicyclic) bond motifs is 1. The monoisotopic (exact) mass is 281 g/mol. The Morgan fingerprint density at radius 2 is 2.20 bits per heavy atom. The van der Waals surface area contributed by atoms with Gasteiger partial charge in [0.05, 0.1) is 18.8 Å². The van der Waals surface area contributed by atoms with Gasteiger partial charge >= 0.3 is 0 Å². The molecule has 4 heteroatoms. The Morgan fingerprint density at radius 1 is 1.45 bits per heavy atom. The third-order valence-electron chi connectivity index (χ3n) is 3.84. The van der Waals surface area contributed by atoms with Crippen molar-refractivity contribution in [2.45, 2.75) is 45.4 Å². The Balaban J connectivity index is 1.96. The number of benzene rings is 1. The van der Waals surface area contributed by atoms with Crippen LogP contribution in [0.15, 0.2) is 18.2 Å². The first-order chi connectivity index (χ1) is 9.47. The van der Waals surface area contributed by atoms with Crippen LogP contribution in [-0.4, -0.2) is 41.9 Å². The molecule has 0 amide bonds. The molecule has 0 saturated carbocycles. The van der Waals surface area contributed by atoms with Gasteiger partial charge in [-0.25, -0.2) is 4.39 Å². The summed E-state index contributed by atoms with van der Waals surface area (Å²) < 4.78 is 18.7. The van der Waals surface area contributed by atoms with Crippen molar-refractivity contribution in [3.05, 3.63) is 35.1 Å². The molecule has 0 radical (unpaired) electrons. The van der Waals surface area contributed by atoms with Gasteiger partial charge in [0.2, 0.25) is 0 Å². The fourth-order valence-corrected chi connectivity index (χ4v) is 2.73. The molecular formula is C16H24FNO2. The van der Waals surface area contributed by atoms with Gasteiger partial charge in [-0.15, -0.1) is 0 Å². The molecule has 0 fully saturated rings. The first kappa shape index (κ1) is 15.4. The molecule has 1 aliphatic rings. The van der Waals surface area contributed by atoms with E-state index < -0.39 is 6.10 Å².